The Morgan fingerprint density at radius 2 is 2.45 bits per heavy atom. The molecule has 110 valence electrons. The zero-order chi connectivity index (χ0) is 14.5. The molecule has 0 fully saturated rings. The molecule has 0 amide bonds. The average molecular weight is 298 g/mol. The minimum atomic E-state index is -0.369. The van der Waals surface area contributed by atoms with Crippen molar-refractivity contribution >= 4 is 22.1 Å². The van der Waals surface area contributed by atoms with Crippen molar-refractivity contribution in [2.75, 3.05) is 20.3 Å². The van der Waals surface area contributed by atoms with Gasteiger partial charge in [-0.25, -0.2) is 0 Å². The third kappa shape index (κ3) is 3.14. The van der Waals surface area contributed by atoms with E-state index in [9.17, 15) is 10.1 Å². The number of nitrogens with one attached hydrogen (secondary N) is 1. The fraction of sp³-hybridized carbons (Fsp3) is 0.583. The number of aromatic nitrogens is 2. The van der Waals surface area contributed by atoms with Gasteiger partial charge in [0.05, 0.1) is 6.61 Å². The van der Waals surface area contributed by atoms with Gasteiger partial charge in [-0.3, -0.25) is 0 Å². The lowest BCUT2D eigenvalue weighted by molar-refractivity contribution is -0.391. The highest BCUT2D eigenvalue weighted by Crippen LogP contribution is 2.24. The van der Waals surface area contributed by atoms with Gasteiger partial charge in [-0.15, -0.1) is 0 Å². The molecule has 2 aromatic rings. The summed E-state index contributed by atoms with van der Waals surface area (Å²) in [6.07, 6.45) is 3.17. The Labute approximate surface area is 120 Å². The summed E-state index contributed by atoms with van der Waals surface area (Å²) in [5.41, 5.74) is 0.507. The van der Waals surface area contributed by atoms with Crippen LogP contribution in [0.2, 0.25) is 0 Å². The van der Waals surface area contributed by atoms with E-state index in [1.54, 1.807) is 18.7 Å². The van der Waals surface area contributed by atoms with Gasteiger partial charge in [0.1, 0.15) is 11.9 Å². The van der Waals surface area contributed by atoms with Gasteiger partial charge in [0, 0.05) is 25.0 Å². The number of nitro groups is 1. The second kappa shape index (κ2) is 6.78. The van der Waals surface area contributed by atoms with Gasteiger partial charge >= 0.3 is 5.82 Å². The lowest BCUT2D eigenvalue weighted by atomic mass is 10.1. The number of hydrogen-bond donors (Lipinski definition) is 1. The van der Waals surface area contributed by atoms with Gasteiger partial charge in [-0.2, -0.15) is 9.38 Å². The molecule has 0 aliphatic carbocycles. The molecular formula is C12H18N4O3S. The standard InChI is InChI=1S/C12H18N4O3S/c1-3-4-13-9(8-19-2)7-10-11(16(17)18)15-5-6-20-12(15)14-10/h5-6,9,13H,3-4,7-8H2,1-2H3. The van der Waals surface area contributed by atoms with Crippen molar-refractivity contribution in [2.45, 2.75) is 25.8 Å². The first-order valence-electron chi connectivity index (χ1n) is 6.48. The molecule has 1 N–H and O–H groups in total. The minimum absolute atomic E-state index is 0.0308. The van der Waals surface area contributed by atoms with E-state index < -0.39 is 0 Å². The summed E-state index contributed by atoms with van der Waals surface area (Å²) in [7, 11) is 1.63. The number of ether oxygens (including phenoxy) is 1. The average Bonchev–Trinajstić information content (AvgIpc) is 2.95. The van der Waals surface area contributed by atoms with E-state index >= 15 is 0 Å². The van der Waals surface area contributed by atoms with Gasteiger partial charge in [0.15, 0.2) is 0 Å². The maximum Gasteiger partial charge on any atom is 0.351 e. The fourth-order valence-corrected chi connectivity index (χ4v) is 2.85. The molecule has 0 aliphatic heterocycles. The number of fused-ring (bicyclic) bond motifs is 1. The summed E-state index contributed by atoms with van der Waals surface area (Å²) in [6, 6.07) is 0.0308. The molecule has 0 saturated heterocycles. The summed E-state index contributed by atoms with van der Waals surface area (Å²) in [6.45, 7) is 3.43. The topological polar surface area (TPSA) is 81.7 Å². The highest BCUT2D eigenvalue weighted by atomic mass is 32.1. The summed E-state index contributed by atoms with van der Waals surface area (Å²) in [4.78, 5) is 15.9. The van der Waals surface area contributed by atoms with Crippen molar-refractivity contribution in [3.8, 4) is 0 Å². The Hall–Kier alpha value is -1.51. The zero-order valence-corrected chi connectivity index (χ0v) is 12.4. The number of nitrogens with zero attached hydrogens (tertiary/aromatic N) is 3. The van der Waals surface area contributed by atoms with Crippen LogP contribution in [0.3, 0.4) is 0 Å². The minimum Gasteiger partial charge on any atom is -0.383 e. The molecule has 2 heterocycles. The molecular weight excluding hydrogens is 280 g/mol. The Morgan fingerprint density at radius 1 is 1.65 bits per heavy atom. The van der Waals surface area contributed by atoms with E-state index in [0.717, 1.165) is 13.0 Å². The van der Waals surface area contributed by atoms with Gasteiger partial charge in [0.2, 0.25) is 0 Å². The SMILES string of the molecule is CCCNC(COC)Cc1nc2sccn2c1[N+](=O)[O-]. The van der Waals surface area contributed by atoms with Crippen molar-refractivity contribution in [1.29, 1.82) is 0 Å². The maximum atomic E-state index is 11.2. The van der Waals surface area contributed by atoms with E-state index in [2.05, 4.69) is 17.2 Å². The van der Waals surface area contributed by atoms with E-state index in [4.69, 9.17) is 4.74 Å². The summed E-state index contributed by atoms with van der Waals surface area (Å²) < 4.78 is 6.70. The van der Waals surface area contributed by atoms with Crippen LogP contribution in [0.1, 0.15) is 19.0 Å². The van der Waals surface area contributed by atoms with Crippen LogP contribution in [0.25, 0.3) is 4.96 Å². The lowest BCUT2D eigenvalue weighted by Crippen LogP contribution is -2.36. The Morgan fingerprint density at radius 3 is 3.10 bits per heavy atom. The Kier molecular flexibility index (Phi) is 5.05. The van der Waals surface area contributed by atoms with Gasteiger partial charge in [-0.1, -0.05) is 18.3 Å². The molecule has 2 rings (SSSR count). The molecule has 2 aromatic heterocycles. The van der Waals surface area contributed by atoms with Crippen molar-refractivity contribution < 1.29 is 9.66 Å². The first-order valence-corrected chi connectivity index (χ1v) is 7.36. The van der Waals surface area contributed by atoms with Crippen molar-refractivity contribution in [3.05, 3.63) is 27.4 Å². The van der Waals surface area contributed by atoms with Crippen LogP contribution >= 0.6 is 11.3 Å². The van der Waals surface area contributed by atoms with Crippen LogP contribution in [0.5, 0.6) is 0 Å². The summed E-state index contributed by atoms with van der Waals surface area (Å²) in [5.74, 6) is 0.0562. The predicted molar refractivity (Wildman–Crippen MR) is 77.4 cm³/mol. The van der Waals surface area contributed by atoms with Crippen LogP contribution in [0, 0.1) is 10.1 Å². The Balaban J connectivity index is 2.24. The summed E-state index contributed by atoms with van der Waals surface area (Å²) in [5, 5.41) is 16.4. The highest BCUT2D eigenvalue weighted by Gasteiger charge is 2.25. The van der Waals surface area contributed by atoms with E-state index in [-0.39, 0.29) is 16.8 Å². The molecule has 0 radical (unpaired) electrons. The predicted octanol–water partition coefficient (Wildman–Crippen LogP) is 1.86. The molecule has 1 unspecified atom stereocenters. The molecule has 0 bridgehead atoms. The highest BCUT2D eigenvalue weighted by molar-refractivity contribution is 7.15. The van der Waals surface area contributed by atoms with Gasteiger partial charge in [-0.05, 0) is 17.9 Å². The third-order valence-electron chi connectivity index (χ3n) is 2.97. The van der Waals surface area contributed by atoms with Crippen LogP contribution in [-0.4, -0.2) is 40.6 Å². The number of hydrogen-bond acceptors (Lipinski definition) is 6. The van der Waals surface area contributed by atoms with Crippen molar-refractivity contribution in [3.63, 3.8) is 0 Å². The van der Waals surface area contributed by atoms with Crippen LogP contribution in [-0.2, 0) is 11.2 Å². The second-order valence-electron chi connectivity index (χ2n) is 4.51. The van der Waals surface area contributed by atoms with Crippen LogP contribution in [0.4, 0.5) is 5.82 Å². The van der Waals surface area contributed by atoms with Crippen molar-refractivity contribution in [2.24, 2.45) is 0 Å². The van der Waals surface area contributed by atoms with Crippen LogP contribution in [0.15, 0.2) is 11.6 Å². The molecule has 0 saturated carbocycles. The molecule has 1 atom stereocenters. The molecule has 7 nitrogen and oxygen atoms in total. The first kappa shape index (κ1) is 14.9. The van der Waals surface area contributed by atoms with Gasteiger partial charge < -0.3 is 20.2 Å². The normalized spacial score (nSPS) is 12.9. The van der Waals surface area contributed by atoms with E-state index in [1.165, 1.54) is 15.7 Å². The largest absolute Gasteiger partial charge is 0.383 e. The zero-order valence-electron chi connectivity index (χ0n) is 11.5. The lowest BCUT2D eigenvalue weighted by Gasteiger charge is -2.16. The quantitative estimate of drug-likeness (QED) is 0.594. The number of rotatable bonds is 8. The molecule has 20 heavy (non-hydrogen) atoms. The summed E-state index contributed by atoms with van der Waals surface area (Å²) >= 11 is 1.39. The number of thiazole rings is 1. The molecule has 8 heteroatoms. The maximum absolute atomic E-state index is 11.2. The van der Waals surface area contributed by atoms with E-state index in [1.807, 2.05) is 0 Å². The number of methoxy groups -OCH3 is 1. The number of imidazole rings is 1. The molecule has 0 aliphatic rings. The molecule has 0 spiro atoms. The smallest absolute Gasteiger partial charge is 0.351 e. The second-order valence-corrected chi connectivity index (χ2v) is 5.38. The van der Waals surface area contributed by atoms with Crippen LogP contribution < -0.4 is 5.32 Å². The fourth-order valence-electron chi connectivity index (χ4n) is 2.12. The van der Waals surface area contributed by atoms with Crippen molar-refractivity contribution in [1.82, 2.24) is 14.7 Å². The van der Waals surface area contributed by atoms with Gasteiger partial charge in [0.25, 0.3) is 4.96 Å². The van der Waals surface area contributed by atoms with E-state index in [0.29, 0.717) is 23.7 Å². The monoisotopic (exact) mass is 298 g/mol. The third-order valence-corrected chi connectivity index (χ3v) is 3.73. The molecule has 0 aromatic carbocycles. The Bertz CT molecular complexity index is 580. The first-order chi connectivity index (χ1) is 9.67.